The first kappa shape index (κ1) is 24.6. The first-order valence-electron chi connectivity index (χ1n) is 11.2. The van der Waals surface area contributed by atoms with Crippen LogP contribution in [-0.2, 0) is 25.6 Å². The number of fused-ring (bicyclic) bond motifs is 3. The predicted octanol–water partition coefficient (Wildman–Crippen LogP) is 1.09. The lowest BCUT2D eigenvalue weighted by Gasteiger charge is -2.23. The smallest absolute Gasteiger partial charge is 0.243 e. The van der Waals surface area contributed by atoms with E-state index in [1.807, 2.05) is 38.1 Å². The van der Waals surface area contributed by atoms with E-state index < -0.39 is 17.9 Å². The zero-order chi connectivity index (χ0) is 23.8. The minimum atomic E-state index is -0.782. The van der Waals surface area contributed by atoms with Crippen LogP contribution in [0.1, 0.15) is 32.3 Å². The summed E-state index contributed by atoms with van der Waals surface area (Å²) in [7, 11) is 0. The number of carbonyl (C=O) groups is 4. The quantitative estimate of drug-likeness (QED) is 0.445. The van der Waals surface area contributed by atoms with Crippen molar-refractivity contribution in [1.29, 1.82) is 0 Å². The number of aryl methyl sites for hydroxylation is 1. The van der Waals surface area contributed by atoms with Gasteiger partial charge >= 0.3 is 0 Å². The van der Waals surface area contributed by atoms with Crippen LogP contribution in [0.15, 0.2) is 29.3 Å². The van der Waals surface area contributed by atoms with Gasteiger partial charge in [0.1, 0.15) is 6.04 Å². The van der Waals surface area contributed by atoms with Gasteiger partial charge in [0.15, 0.2) is 0 Å². The SMILES string of the molecule is CC[C@H](C)[C@@H]1NC(=O)CNC(=O)CCc2c([nH]c3ccccc23)SCCNC(=O)CNC1=O. The van der Waals surface area contributed by atoms with Crippen molar-refractivity contribution in [2.24, 2.45) is 5.92 Å². The number of hydrogen-bond acceptors (Lipinski definition) is 5. The molecule has 0 aliphatic carbocycles. The number of thioether (sulfide) groups is 1. The van der Waals surface area contributed by atoms with E-state index in [1.165, 1.54) is 0 Å². The maximum atomic E-state index is 12.6. The third-order valence-electron chi connectivity index (χ3n) is 5.73. The Balaban J connectivity index is 1.76. The van der Waals surface area contributed by atoms with Gasteiger partial charge in [-0.1, -0.05) is 38.5 Å². The number of carbonyl (C=O) groups excluding carboxylic acids is 4. The van der Waals surface area contributed by atoms with Gasteiger partial charge in [-0.25, -0.2) is 0 Å². The Morgan fingerprint density at radius 2 is 1.73 bits per heavy atom. The molecular formula is C23H31N5O4S. The number of nitrogens with one attached hydrogen (secondary N) is 5. The number of benzene rings is 1. The highest BCUT2D eigenvalue weighted by molar-refractivity contribution is 7.99. The van der Waals surface area contributed by atoms with Crippen LogP contribution in [-0.4, -0.2) is 60.0 Å². The van der Waals surface area contributed by atoms with Crippen LogP contribution in [0.25, 0.3) is 10.9 Å². The van der Waals surface area contributed by atoms with Crippen LogP contribution >= 0.6 is 11.8 Å². The molecule has 2 heterocycles. The van der Waals surface area contributed by atoms with Crippen LogP contribution in [0.4, 0.5) is 0 Å². The standard InChI is InChI=1S/C23H31N5O4S/c1-3-14(2)21-22(32)26-12-19(30)24-10-11-33-23-16(15-6-4-5-7-17(15)27-23)8-9-18(29)25-13-20(31)28-21/h4-7,14,21,27H,3,8-13H2,1-2H3,(H,24,30)(H,25,29)(H,26,32)(H,28,31)/t14-,21-/m0/s1. The molecule has 33 heavy (non-hydrogen) atoms. The van der Waals surface area contributed by atoms with E-state index in [9.17, 15) is 19.2 Å². The summed E-state index contributed by atoms with van der Waals surface area (Å²) in [4.78, 5) is 53.0. The normalized spacial score (nSPS) is 20.5. The third kappa shape index (κ3) is 6.74. The van der Waals surface area contributed by atoms with E-state index in [0.29, 0.717) is 25.1 Å². The van der Waals surface area contributed by atoms with Crippen LogP contribution in [0.5, 0.6) is 0 Å². The zero-order valence-corrected chi connectivity index (χ0v) is 19.8. The molecule has 1 aliphatic heterocycles. The fourth-order valence-corrected chi connectivity index (χ4v) is 4.64. The van der Waals surface area contributed by atoms with E-state index in [0.717, 1.165) is 21.5 Å². The number of hydrogen-bond donors (Lipinski definition) is 5. The Labute approximate surface area is 197 Å². The van der Waals surface area contributed by atoms with Gasteiger partial charge < -0.3 is 26.3 Å². The molecule has 1 aromatic carbocycles. The van der Waals surface area contributed by atoms with Gasteiger partial charge in [-0.3, -0.25) is 19.2 Å². The van der Waals surface area contributed by atoms with Gasteiger partial charge in [-0.05, 0) is 24.0 Å². The van der Waals surface area contributed by atoms with Gasteiger partial charge in [0.2, 0.25) is 23.6 Å². The Bertz CT molecular complexity index is 1020. The maximum Gasteiger partial charge on any atom is 0.243 e. The highest BCUT2D eigenvalue weighted by atomic mass is 32.2. The summed E-state index contributed by atoms with van der Waals surface area (Å²) < 4.78 is 0. The lowest BCUT2D eigenvalue weighted by molar-refractivity contribution is -0.132. The van der Waals surface area contributed by atoms with Crippen LogP contribution < -0.4 is 21.3 Å². The van der Waals surface area contributed by atoms with E-state index in [1.54, 1.807) is 11.8 Å². The summed E-state index contributed by atoms with van der Waals surface area (Å²) in [5, 5.41) is 12.8. The van der Waals surface area contributed by atoms with Gasteiger partial charge in [-0.15, -0.1) is 11.8 Å². The molecule has 1 aromatic heterocycles. The fraction of sp³-hybridized carbons (Fsp3) is 0.478. The maximum absolute atomic E-state index is 12.6. The Morgan fingerprint density at radius 3 is 2.52 bits per heavy atom. The number of aromatic amines is 1. The average Bonchev–Trinajstić information content (AvgIpc) is 3.17. The molecule has 1 aliphatic rings. The van der Waals surface area contributed by atoms with E-state index >= 15 is 0 Å². The number of aromatic nitrogens is 1. The molecule has 0 radical (unpaired) electrons. The molecule has 5 N–H and O–H groups in total. The number of para-hydroxylation sites is 1. The van der Waals surface area contributed by atoms with Crippen molar-refractivity contribution in [3.05, 3.63) is 29.8 Å². The summed E-state index contributed by atoms with van der Waals surface area (Å²) in [6, 6.07) is 7.13. The average molecular weight is 474 g/mol. The van der Waals surface area contributed by atoms with Gasteiger partial charge in [0.05, 0.1) is 18.1 Å². The second-order valence-electron chi connectivity index (χ2n) is 8.10. The largest absolute Gasteiger partial charge is 0.354 e. The molecule has 3 rings (SSSR count). The van der Waals surface area contributed by atoms with Gasteiger partial charge in [0, 0.05) is 29.6 Å². The zero-order valence-electron chi connectivity index (χ0n) is 19.0. The third-order valence-corrected chi connectivity index (χ3v) is 6.77. The van der Waals surface area contributed by atoms with Gasteiger partial charge in [-0.2, -0.15) is 0 Å². The highest BCUT2D eigenvalue weighted by Crippen LogP contribution is 2.30. The van der Waals surface area contributed by atoms with Crippen molar-refractivity contribution >= 4 is 46.3 Å². The second kappa shape index (κ2) is 11.7. The molecule has 4 amide bonds. The number of rotatable bonds is 2. The molecule has 0 unspecified atom stereocenters. The summed E-state index contributed by atoms with van der Waals surface area (Å²) in [6.07, 6.45) is 1.42. The molecule has 9 nitrogen and oxygen atoms in total. The van der Waals surface area contributed by atoms with Crippen LogP contribution in [0.3, 0.4) is 0 Å². The number of H-pyrrole nitrogens is 1. The number of amides is 4. The fourth-order valence-electron chi connectivity index (χ4n) is 3.66. The summed E-state index contributed by atoms with van der Waals surface area (Å²) in [5.74, 6) is -0.880. The first-order valence-corrected chi connectivity index (χ1v) is 12.2. The van der Waals surface area contributed by atoms with E-state index in [4.69, 9.17) is 0 Å². The van der Waals surface area contributed by atoms with Gasteiger partial charge in [0.25, 0.3) is 0 Å². The molecule has 0 saturated heterocycles. The highest BCUT2D eigenvalue weighted by Gasteiger charge is 2.26. The van der Waals surface area contributed by atoms with Crippen molar-refractivity contribution in [2.75, 3.05) is 25.4 Å². The molecule has 10 heteroatoms. The summed E-state index contributed by atoms with van der Waals surface area (Å²) >= 11 is 1.57. The Hall–Kier alpha value is -3.01. The molecule has 2 aromatic rings. The summed E-state index contributed by atoms with van der Waals surface area (Å²) in [6.45, 7) is 3.82. The minimum Gasteiger partial charge on any atom is -0.354 e. The lowest BCUT2D eigenvalue weighted by atomic mass is 9.98. The predicted molar refractivity (Wildman–Crippen MR) is 128 cm³/mol. The van der Waals surface area contributed by atoms with E-state index in [-0.39, 0.29) is 37.2 Å². The molecule has 0 bridgehead atoms. The summed E-state index contributed by atoms with van der Waals surface area (Å²) in [5.41, 5.74) is 2.04. The van der Waals surface area contributed by atoms with E-state index in [2.05, 4.69) is 26.3 Å². The van der Waals surface area contributed by atoms with Crippen LogP contribution in [0.2, 0.25) is 0 Å². The van der Waals surface area contributed by atoms with Crippen molar-refractivity contribution in [1.82, 2.24) is 26.3 Å². The van der Waals surface area contributed by atoms with Crippen molar-refractivity contribution in [3.8, 4) is 0 Å². The van der Waals surface area contributed by atoms with Crippen molar-refractivity contribution in [2.45, 2.75) is 44.2 Å². The molecule has 0 spiro atoms. The topological polar surface area (TPSA) is 132 Å². The Morgan fingerprint density at radius 1 is 0.970 bits per heavy atom. The molecule has 0 fully saturated rings. The van der Waals surface area contributed by atoms with Crippen molar-refractivity contribution in [3.63, 3.8) is 0 Å². The monoisotopic (exact) mass is 473 g/mol. The van der Waals surface area contributed by atoms with Crippen LogP contribution in [0, 0.1) is 5.92 Å². The molecule has 178 valence electrons. The Kier molecular flexibility index (Phi) is 8.76. The second-order valence-corrected chi connectivity index (χ2v) is 9.21. The first-order chi connectivity index (χ1) is 15.9. The van der Waals surface area contributed by atoms with Crippen molar-refractivity contribution < 1.29 is 19.2 Å². The molecule has 0 saturated carbocycles. The molecule has 2 atom stereocenters. The minimum absolute atomic E-state index is 0.130. The lowest BCUT2D eigenvalue weighted by Crippen LogP contribution is -2.53. The molecular weight excluding hydrogens is 442 g/mol.